The summed E-state index contributed by atoms with van der Waals surface area (Å²) in [6.07, 6.45) is 5.86. The molecule has 0 aliphatic carbocycles. The number of piperidine rings is 1. The number of benzene rings is 1. The Balaban J connectivity index is 1.48. The van der Waals surface area contributed by atoms with Gasteiger partial charge in [0.15, 0.2) is 0 Å². The molecule has 0 amide bonds. The Morgan fingerprint density at radius 2 is 1.94 bits per heavy atom. The van der Waals surface area contributed by atoms with Crippen molar-refractivity contribution in [3.8, 4) is 17.4 Å². The molecule has 1 aliphatic rings. The predicted octanol–water partition coefficient (Wildman–Crippen LogP) is 3.30. The number of hydrogen-bond donors (Lipinski definition) is 1. The third kappa shape index (κ3) is 5.97. The van der Waals surface area contributed by atoms with Gasteiger partial charge in [0.2, 0.25) is 11.9 Å². The second-order valence-electron chi connectivity index (χ2n) is 8.32. The minimum absolute atomic E-state index is 0.135. The number of nitrogens with one attached hydrogen (secondary N) is 1. The van der Waals surface area contributed by atoms with Crippen LogP contribution >= 0.6 is 0 Å². The molecule has 1 N–H and O–H groups in total. The van der Waals surface area contributed by atoms with Crippen molar-refractivity contribution in [2.45, 2.75) is 33.1 Å². The molecule has 35 heavy (non-hydrogen) atoms. The highest BCUT2D eigenvalue weighted by Crippen LogP contribution is 2.29. The standard InChI is InChI=1S/C24H31N7O4/c1-5-35-21(32)12-17-8-10-30(11-9-17)23-27-22(28-24(29-23)34-4)26-18-6-7-19(20(13-18)33-3)31-14-16(2)25-15-31/h6-7,13-15,17H,5,8-12H2,1-4H3,(H,26,27,28,29). The van der Waals surface area contributed by atoms with Crippen molar-refractivity contribution in [2.75, 3.05) is 44.1 Å². The van der Waals surface area contributed by atoms with Crippen molar-refractivity contribution in [3.05, 3.63) is 36.4 Å². The highest BCUT2D eigenvalue weighted by Gasteiger charge is 2.24. The number of carbonyl (C=O) groups excluding carboxylic acids is 1. The molecule has 11 nitrogen and oxygen atoms in total. The van der Waals surface area contributed by atoms with Crippen LogP contribution in [0.5, 0.6) is 11.8 Å². The largest absolute Gasteiger partial charge is 0.494 e. The molecule has 3 aromatic rings. The van der Waals surface area contributed by atoms with Crippen molar-refractivity contribution < 1.29 is 19.0 Å². The number of imidazole rings is 1. The van der Waals surface area contributed by atoms with Crippen LogP contribution in [0.2, 0.25) is 0 Å². The van der Waals surface area contributed by atoms with E-state index >= 15 is 0 Å². The summed E-state index contributed by atoms with van der Waals surface area (Å²) >= 11 is 0. The van der Waals surface area contributed by atoms with Crippen LogP contribution in [0.25, 0.3) is 5.69 Å². The quantitative estimate of drug-likeness (QED) is 0.456. The van der Waals surface area contributed by atoms with E-state index in [1.165, 1.54) is 7.11 Å². The fourth-order valence-corrected chi connectivity index (χ4v) is 4.08. The van der Waals surface area contributed by atoms with E-state index in [1.54, 1.807) is 13.4 Å². The first-order valence-corrected chi connectivity index (χ1v) is 11.7. The normalized spacial score (nSPS) is 14.0. The lowest BCUT2D eigenvalue weighted by Crippen LogP contribution is -2.35. The van der Waals surface area contributed by atoms with Crippen molar-refractivity contribution >= 4 is 23.6 Å². The zero-order chi connectivity index (χ0) is 24.8. The van der Waals surface area contributed by atoms with E-state index in [1.807, 2.05) is 42.8 Å². The number of methoxy groups -OCH3 is 2. The Morgan fingerprint density at radius 3 is 2.60 bits per heavy atom. The van der Waals surface area contributed by atoms with Crippen LogP contribution in [-0.2, 0) is 9.53 Å². The smallest absolute Gasteiger partial charge is 0.322 e. The van der Waals surface area contributed by atoms with Gasteiger partial charge in [0.1, 0.15) is 5.75 Å². The first-order valence-electron chi connectivity index (χ1n) is 11.7. The van der Waals surface area contributed by atoms with Gasteiger partial charge in [-0.25, -0.2) is 4.98 Å². The Hall–Kier alpha value is -3.89. The Morgan fingerprint density at radius 1 is 1.14 bits per heavy atom. The number of nitrogens with zero attached hydrogens (tertiary/aromatic N) is 6. The van der Waals surface area contributed by atoms with Crippen LogP contribution < -0.4 is 19.7 Å². The van der Waals surface area contributed by atoms with E-state index in [2.05, 4.69) is 30.2 Å². The lowest BCUT2D eigenvalue weighted by Gasteiger charge is -2.31. The van der Waals surface area contributed by atoms with E-state index in [0.29, 0.717) is 36.6 Å². The van der Waals surface area contributed by atoms with Crippen molar-refractivity contribution in [2.24, 2.45) is 5.92 Å². The molecule has 1 saturated heterocycles. The number of anilines is 3. The molecular formula is C24H31N7O4. The maximum Gasteiger partial charge on any atom is 0.322 e. The van der Waals surface area contributed by atoms with Gasteiger partial charge in [0.05, 0.1) is 38.5 Å². The minimum Gasteiger partial charge on any atom is -0.494 e. The lowest BCUT2D eigenvalue weighted by atomic mass is 9.94. The predicted molar refractivity (Wildman–Crippen MR) is 131 cm³/mol. The molecule has 0 spiro atoms. The summed E-state index contributed by atoms with van der Waals surface area (Å²) in [6, 6.07) is 5.96. The molecule has 0 bridgehead atoms. The number of carbonyl (C=O) groups is 1. The topological polar surface area (TPSA) is 117 Å². The molecule has 186 valence electrons. The highest BCUT2D eigenvalue weighted by molar-refractivity contribution is 5.69. The number of ether oxygens (including phenoxy) is 3. The van der Waals surface area contributed by atoms with E-state index in [-0.39, 0.29) is 12.0 Å². The number of aromatic nitrogens is 5. The summed E-state index contributed by atoms with van der Waals surface area (Å²) in [7, 11) is 3.15. The van der Waals surface area contributed by atoms with Crippen LogP contribution in [0.1, 0.15) is 31.9 Å². The molecule has 1 aromatic carbocycles. The highest BCUT2D eigenvalue weighted by atomic mass is 16.5. The third-order valence-corrected chi connectivity index (χ3v) is 5.87. The Labute approximate surface area is 204 Å². The Bertz CT molecular complexity index is 1160. The monoisotopic (exact) mass is 481 g/mol. The van der Waals surface area contributed by atoms with Gasteiger partial charge in [-0.15, -0.1) is 0 Å². The zero-order valence-electron chi connectivity index (χ0n) is 20.5. The average molecular weight is 482 g/mol. The van der Waals surface area contributed by atoms with Gasteiger partial charge in [-0.1, -0.05) is 0 Å². The lowest BCUT2D eigenvalue weighted by molar-refractivity contribution is -0.144. The summed E-state index contributed by atoms with van der Waals surface area (Å²) < 4.78 is 17.9. The molecular weight excluding hydrogens is 450 g/mol. The van der Waals surface area contributed by atoms with Gasteiger partial charge in [0.25, 0.3) is 0 Å². The van der Waals surface area contributed by atoms with Crippen LogP contribution in [0.4, 0.5) is 17.6 Å². The van der Waals surface area contributed by atoms with Crippen molar-refractivity contribution in [3.63, 3.8) is 0 Å². The first kappa shape index (κ1) is 24.2. The van der Waals surface area contributed by atoms with Crippen LogP contribution in [-0.4, -0.2) is 64.4 Å². The molecule has 11 heteroatoms. The summed E-state index contributed by atoms with van der Waals surface area (Å²) in [5.74, 6) is 1.75. The number of hydrogen-bond acceptors (Lipinski definition) is 10. The summed E-state index contributed by atoms with van der Waals surface area (Å²) in [6.45, 7) is 5.65. The van der Waals surface area contributed by atoms with Crippen LogP contribution in [0.3, 0.4) is 0 Å². The van der Waals surface area contributed by atoms with E-state index in [0.717, 1.165) is 43.0 Å². The summed E-state index contributed by atoms with van der Waals surface area (Å²) in [5.41, 5.74) is 2.55. The van der Waals surface area contributed by atoms with Gasteiger partial charge in [0, 0.05) is 37.5 Å². The van der Waals surface area contributed by atoms with Gasteiger partial charge < -0.3 is 29.0 Å². The summed E-state index contributed by atoms with van der Waals surface area (Å²) in [5, 5.41) is 3.23. The van der Waals surface area contributed by atoms with E-state index in [4.69, 9.17) is 14.2 Å². The molecule has 0 atom stereocenters. The molecule has 1 fully saturated rings. The average Bonchev–Trinajstić information content (AvgIpc) is 3.30. The van der Waals surface area contributed by atoms with Crippen LogP contribution in [0.15, 0.2) is 30.7 Å². The van der Waals surface area contributed by atoms with Gasteiger partial charge >= 0.3 is 12.0 Å². The van der Waals surface area contributed by atoms with Crippen molar-refractivity contribution in [1.82, 2.24) is 24.5 Å². The minimum atomic E-state index is -0.135. The van der Waals surface area contributed by atoms with Gasteiger partial charge in [-0.2, -0.15) is 15.0 Å². The second kappa shape index (κ2) is 11.0. The SMILES string of the molecule is CCOC(=O)CC1CCN(c2nc(Nc3ccc(-n4cnc(C)c4)c(OC)c3)nc(OC)n2)CC1. The summed E-state index contributed by atoms with van der Waals surface area (Å²) in [4.78, 5) is 31.6. The molecule has 0 unspecified atom stereocenters. The zero-order valence-corrected chi connectivity index (χ0v) is 20.5. The van der Waals surface area contributed by atoms with E-state index in [9.17, 15) is 4.79 Å². The number of rotatable bonds is 9. The molecule has 1 aliphatic heterocycles. The molecule has 0 radical (unpaired) electrons. The fraction of sp³-hybridized carbons (Fsp3) is 0.458. The van der Waals surface area contributed by atoms with Gasteiger partial charge in [-0.05, 0) is 44.7 Å². The van der Waals surface area contributed by atoms with Crippen molar-refractivity contribution in [1.29, 1.82) is 0 Å². The number of esters is 1. The second-order valence-corrected chi connectivity index (χ2v) is 8.32. The van der Waals surface area contributed by atoms with Crippen LogP contribution in [0, 0.1) is 12.8 Å². The molecule has 3 heterocycles. The fourth-order valence-electron chi connectivity index (χ4n) is 4.08. The maximum absolute atomic E-state index is 11.8. The molecule has 0 saturated carbocycles. The number of aryl methyl sites for hydroxylation is 1. The third-order valence-electron chi connectivity index (χ3n) is 5.87. The van der Waals surface area contributed by atoms with E-state index < -0.39 is 0 Å². The molecule has 4 rings (SSSR count). The molecule has 2 aromatic heterocycles. The first-order chi connectivity index (χ1) is 17.0. The van der Waals surface area contributed by atoms with Gasteiger partial charge in [-0.3, -0.25) is 4.79 Å². The Kier molecular flexibility index (Phi) is 7.64. The maximum atomic E-state index is 11.8.